The molecule has 3 aromatic rings. The van der Waals surface area contributed by atoms with Crippen LogP contribution < -0.4 is 5.32 Å². The maximum atomic E-state index is 12.3. The summed E-state index contributed by atoms with van der Waals surface area (Å²) in [5.41, 5.74) is 3.66. The maximum absolute atomic E-state index is 12.3. The van der Waals surface area contributed by atoms with Crippen LogP contribution in [0, 0.1) is 0 Å². The van der Waals surface area contributed by atoms with E-state index in [9.17, 15) is 4.79 Å². The molecule has 4 nitrogen and oxygen atoms in total. The Kier molecular flexibility index (Phi) is 5.77. The molecule has 4 rings (SSSR count). The van der Waals surface area contributed by atoms with Crippen molar-refractivity contribution in [3.63, 3.8) is 0 Å². The topological polar surface area (TPSA) is 55.1 Å². The molecule has 1 aromatic heterocycles. The van der Waals surface area contributed by atoms with E-state index in [0.717, 1.165) is 16.8 Å². The second-order valence-electron chi connectivity index (χ2n) is 5.84. The number of hydrogen-bond acceptors (Lipinski definition) is 6. The zero-order valence-electron chi connectivity index (χ0n) is 14.0. The van der Waals surface area contributed by atoms with E-state index in [1.54, 1.807) is 0 Å². The summed E-state index contributed by atoms with van der Waals surface area (Å²) >= 11 is 5.27. The first-order valence-electron chi connectivity index (χ1n) is 8.39. The third kappa shape index (κ3) is 4.39. The number of thioether (sulfide) groups is 3. The van der Waals surface area contributed by atoms with E-state index in [4.69, 9.17) is 4.42 Å². The Bertz CT molecular complexity index is 873. The van der Waals surface area contributed by atoms with E-state index in [1.165, 1.54) is 35.3 Å². The van der Waals surface area contributed by atoms with Gasteiger partial charge in [0.15, 0.2) is 5.58 Å². The van der Waals surface area contributed by atoms with Crippen molar-refractivity contribution in [1.29, 1.82) is 0 Å². The molecule has 0 saturated carbocycles. The van der Waals surface area contributed by atoms with Crippen LogP contribution in [0.25, 0.3) is 11.1 Å². The van der Waals surface area contributed by atoms with Crippen LogP contribution in [-0.2, 0) is 4.79 Å². The Morgan fingerprint density at radius 2 is 2.04 bits per heavy atom. The van der Waals surface area contributed by atoms with Crippen LogP contribution in [0.15, 0.2) is 58.2 Å². The summed E-state index contributed by atoms with van der Waals surface area (Å²) in [6, 6.07) is 15.8. The summed E-state index contributed by atoms with van der Waals surface area (Å²) in [7, 11) is 0. The minimum absolute atomic E-state index is 0.0571. The smallest absolute Gasteiger partial charge is 0.257 e. The van der Waals surface area contributed by atoms with Gasteiger partial charge in [0.1, 0.15) is 5.52 Å². The normalized spacial score (nSPS) is 15.2. The minimum Gasteiger partial charge on any atom is -0.431 e. The number of benzene rings is 2. The molecule has 1 aliphatic rings. The molecule has 0 aliphatic carbocycles. The first-order valence-corrected chi connectivity index (χ1v) is 11.5. The van der Waals surface area contributed by atoms with Crippen LogP contribution in [0.1, 0.15) is 16.6 Å². The molecule has 0 atom stereocenters. The van der Waals surface area contributed by atoms with E-state index >= 15 is 0 Å². The quantitative estimate of drug-likeness (QED) is 0.575. The molecule has 1 saturated heterocycles. The van der Waals surface area contributed by atoms with E-state index < -0.39 is 0 Å². The molecule has 2 aromatic carbocycles. The summed E-state index contributed by atoms with van der Waals surface area (Å²) in [6.07, 6.45) is 1.27. The van der Waals surface area contributed by atoms with Crippen molar-refractivity contribution >= 4 is 58.0 Å². The first-order chi connectivity index (χ1) is 12.8. The highest BCUT2D eigenvalue weighted by atomic mass is 32.2. The number of rotatable bonds is 5. The molecule has 7 heteroatoms. The Morgan fingerprint density at radius 1 is 1.19 bits per heavy atom. The van der Waals surface area contributed by atoms with Gasteiger partial charge in [0.25, 0.3) is 5.22 Å². The van der Waals surface area contributed by atoms with Gasteiger partial charge in [0.2, 0.25) is 5.91 Å². The van der Waals surface area contributed by atoms with Crippen molar-refractivity contribution < 1.29 is 9.21 Å². The van der Waals surface area contributed by atoms with Crippen molar-refractivity contribution in [2.24, 2.45) is 0 Å². The van der Waals surface area contributed by atoms with Gasteiger partial charge in [0.05, 0.1) is 10.3 Å². The van der Waals surface area contributed by atoms with Gasteiger partial charge < -0.3 is 9.73 Å². The van der Waals surface area contributed by atoms with Crippen LogP contribution in [-0.4, -0.2) is 28.1 Å². The largest absolute Gasteiger partial charge is 0.431 e. The molecule has 1 fully saturated rings. The van der Waals surface area contributed by atoms with Crippen LogP contribution >= 0.6 is 35.3 Å². The molecule has 0 spiro atoms. The molecule has 0 unspecified atom stereocenters. The second-order valence-corrected chi connectivity index (χ2v) is 9.49. The van der Waals surface area contributed by atoms with E-state index in [0.29, 0.717) is 9.80 Å². The number of amides is 1. The van der Waals surface area contributed by atoms with Crippen LogP contribution in [0.4, 0.5) is 5.69 Å². The van der Waals surface area contributed by atoms with E-state index in [2.05, 4.69) is 22.4 Å². The number of para-hydroxylation sites is 2. The van der Waals surface area contributed by atoms with Crippen LogP contribution in [0.2, 0.25) is 0 Å². The number of oxazole rings is 1. The Morgan fingerprint density at radius 3 is 2.88 bits per heavy atom. The molecule has 0 radical (unpaired) electrons. The summed E-state index contributed by atoms with van der Waals surface area (Å²) in [5, 5.41) is 3.50. The molecule has 26 heavy (non-hydrogen) atoms. The lowest BCUT2D eigenvalue weighted by Gasteiger charge is -2.21. The third-order valence-corrected chi connectivity index (χ3v) is 7.71. The van der Waals surface area contributed by atoms with E-state index in [1.807, 2.05) is 59.9 Å². The van der Waals surface area contributed by atoms with Crippen LogP contribution in [0.5, 0.6) is 0 Å². The lowest BCUT2D eigenvalue weighted by atomic mass is 10.2. The number of aromatic nitrogens is 1. The minimum atomic E-state index is -0.0571. The molecule has 134 valence electrons. The summed E-state index contributed by atoms with van der Waals surface area (Å²) in [5.74, 6) is 2.62. The van der Waals surface area contributed by atoms with Crippen LogP contribution in [0.3, 0.4) is 0 Å². The first kappa shape index (κ1) is 17.8. The highest BCUT2D eigenvalue weighted by Gasteiger charge is 2.17. The number of nitrogens with zero attached hydrogens (tertiary/aromatic N) is 1. The van der Waals surface area contributed by atoms with Gasteiger partial charge >= 0.3 is 0 Å². The predicted molar refractivity (Wildman–Crippen MR) is 112 cm³/mol. The fraction of sp³-hybridized carbons (Fsp3) is 0.263. The summed E-state index contributed by atoms with van der Waals surface area (Å²) < 4.78 is 6.10. The highest BCUT2D eigenvalue weighted by molar-refractivity contribution is 8.16. The van der Waals surface area contributed by atoms with Crippen molar-refractivity contribution in [3.05, 3.63) is 54.1 Å². The third-order valence-electron chi connectivity index (χ3n) is 3.87. The molecule has 1 aliphatic heterocycles. The molecule has 0 bridgehead atoms. The lowest BCUT2D eigenvalue weighted by molar-refractivity contribution is -0.113. The number of hydrogen-bond donors (Lipinski definition) is 1. The molecule has 1 amide bonds. The second kappa shape index (κ2) is 8.41. The number of carbonyl (C=O) groups is 1. The van der Waals surface area contributed by atoms with Gasteiger partial charge in [-0.2, -0.15) is 0 Å². The van der Waals surface area contributed by atoms with Gasteiger partial charge in [-0.3, -0.25) is 4.79 Å². The fourth-order valence-corrected chi connectivity index (χ4v) is 6.19. The summed E-state index contributed by atoms with van der Waals surface area (Å²) in [6.45, 7) is 0. The average Bonchev–Trinajstić information content (AvgIpc) is 3.10. The van der Waals surface area contributed by atoms with Gasteiger partial charge in [-0.15, -0.1) is 23.5 Å². The molecular weight excluding hydrogens is 384 g/mol. The Balaban J connectivity index is 1.35. The SMILES string of the molecule is O=C(CSc1nc2ccccc2o1)Nc1cccc(C2SCCCS2)c1. The van der Waals surface area contributed by atoms with E-state index in [-0.39, 0.29) is 11.7 Å². The molecular formula is C19H18N2O2S3. The monoisotopic (exact) mass is 402 g/mol. The van der Waals surface area contributed by atoms with Gasteiger partial charge in [-0.05, 0) is 47.8 Å². The standard InChI is InChI=1S/C19H18N2O2S3/c22-17(12-26-19-21-15-7-1-2-8-16(15)23-19)20-14-6-3-5-13(11-14)18-24-9-4-10-25-18/h1-3,5-8,11,18H,4,9-10,12H2,(H,20,22). The zero-order chi connectivity index (χ0) is 17.8. The predicted octanol–water partition coefficient (Wildman–Crippen LogP) is 5.43. The Hall–Kier alpha value is -1.57. The molecule has 2 heterocycles. The number of nitrogens with one attached hydrogen (secondary N) is 1. The van der Waals surface area contributed by atoms with Gasteiger partial charge in [-0.25, -0.2) is 4.98 Å². The lowest BCUT2D eigenvalue weighted by Crippen LogP contribution is -2.14. The number of fused-ring (bicyclic) bond motifs is 1. The zero-order valence-corrected chi connectivity index (χ0v) is 16.5. The summed E-state index contributed by atoms with van der Waals surface area (Å²) in [4.78, 5) is 16.7. The van der Waals surface area contributed by atoms with Crippen molar-refractivity contribution in [2.75, 3.05) is 22.6 Å². The highest BCUT2D eigenvalue weighted by Crippen LogP contribution is 2.44. The molecule has 1 N–H and O–H groups in total. The van der Waals surface area contributed by atoms with Gasteiger partial charge in [0, 0.05) is 5.69 Å². The van der Waals surface area contributed by atoms with Gasteiger partial charge in [-0.1, -0.05) is 36.0 Å². The van der Waals surface area contributed by atoms with Crippen molar-refractivity contribution in [3.8, 4) is 0 Å². The van der Waals surface area contributed by atoms with Crippen molar-refractivity contribution in [1.82, 2.24) is 4.98 Å². The van der Waals surface area contributed by atoms with Crippen molar-refractivity contribution in [2.45, 2.75) is 16.2 Å². The number of carbonyl (C=O) groups excluding carboxylic acids is 1. The number of anilines is 1. The Labute approximate surface area is 164 Å². The maximum Gasteiger partial charge on any atom is 0.257 e. The average molecular weight is 403 g/mol. The fourth-order valence-electron chi connectivity index (χ4n) is 2.68.